The zero-order valence-electron chi connectivity index (χ0n) is 18.4. The molecular formula is C25H20FN7S. The van der Waals surface area contributed by atoms with Crippen molar-refractivity contribution in [1.29, 1.82) is 0 Å². The summed E-state index contributed by atoms with van der Waals surface area (Å²) in [5.74, 6) is 0.169. The highest BCUT2D eigenvalue weighted by atomic mass is 32.1. The molecule has 34 heavy (non-hydrogen) atoms. The number of pyridine rings is 2. The molecule has 0 aliphatic rings. The second kappa shape index (κ2) is 8.03. The predicted octanol–water partition coefficient (Wildman–Crippen LogP) is 6.25. The molecule has 0 fully saturated rings. The Morgan fingerprint density at radius 1 is 1.06 bits per heavy atom. The van der Waals surface area contributed by atoms with E-state index < -0.39 is 5.82 Å². The largest absolute Gasteiger partial charge is 0.382 e. The molecule has 0 unspecified atom stereocenters. The van der Waals surface area contributed by atoms with Crippen molar-refractivity contribution in [2.75, 3.05) is 5.32 Å². The second-order valence-corrected chi connectivity index (χ2v) is 9.28. The van der Waals surface area contributed by atoms with Gasteiger partial charge in [0.25, 0.3) is 0 Å². The molecule has 9 heteroatoms. The number of thiophene rings is 1. The van der Waals surface area contributed by atoms with E-state index in [0.717, 1.165) is 32.9 Å². The number of benzene rings is 1. The van der Waals surface area contributed by atoms with Gasteiger partial charge in [0.05, 0.1) is 16.1 Å². The molecule has 0 atom stereocenters. The van der Waals surface area contributed by atoms with Crippen molar-refractivity contribution in [2.45, 2.75) is 19.9 Å². The normalized spacial score (nSPS) is 11.6. The van der Waals surface area contributed by atoms with Gasteiger partial charge in [0.15, 0.2) is 11.6 Å². The van der Waals surface area contributed by atoms with E-state index in [4.69, 9.17) is 4.98 Å². The Morgan fingerprint density at radius 2 is 1.97 bits per heavy atom. The predicted molar refractivity (Wildman–Crippen MR) is 134 cm³/mol. The molecule has 1 aromatic carbocycles. The Balaban J connectivity index is 1.49. The molecule has 0 bridgehead atoms. The topological polar surface area (TPSA) is 95.2 Å². The molecule has 168 valence electrons. The first-order valence-corrected chi connectivity index (χ1v) is 11.7. The van der Waals surface area contributed by atoms with Gasteiger partial charge in [-0.3, -0.25) is 15.1 Å². The highest BCUT2D eigenvalue weighted by molar-refractivity contribution is 7.13. The Morgan fingerprint density at radius 3 is 2.79 bits per heavy atom. The number of anilines is 1. The van der Waals surface area contributed by atoms with E-state index in [1.165, 1.54) is 6.07 Å². The molecule has 7 nitrogen and oxygen atoms in total. The third-order valence-electron chi connectivity index (χ3n) is 5.53. The van der Waals surface area contributed by atoms with E-state index in [1.54, 1.807) is 29.9 Å². The third kappa shape index (κ3) is 3.50. The van der Waals surface area contributed by atoms with Crippen molar-refractivity contribution < 1.29 is 4.39 Å². The highest BCUT2D eigenvalue weighted by Gasteiger charge is 2.18. The summed E-state index contributed by atoms with van der Waals surface area (Å²) in [6.07, 6.45) is 5.24. The Bertz CT molecular complexity index is 1630. The summed E-state index contributed by atoms with van der Waals surface area (Å²) in [5.41, 5.74) is 5.71. The lowest BCUT2D eigenvalue weighted by Crippen LogP contribution is -2.09. The summed E-state index contributed by atoms with van der Waals surface area (Å²) >= 11 is 1.61. The van der Waals surface area contributed by atoms with Crippen molar-refractivity contribution in [3.63, 3.8) is 0 Å². The van der Waals surface area contributed by atoms with Gasteiger partial charge in [0.2, 0.25) is 0 Å². The van der Waals surface area contributed by atoms with Crippen LogP contribution < -0.4 is 5.32 Å². The van der Waals surface area contributed by atoms with E-state index in [0.29, 0.717) is 22.5 Å². The van der Waals surface area contributed by atoms with E-state index in [9.17, 15) is 0 Å². The molecule has 0 saturated heterocycles. The minimum atomic E-state index is -0.408. The van der Waals surface area contributed by atoms with Crippen LogP contribution in [0.1, 0.15) is 13.8 Å². The van der Waals surface area contributed by atoms with Crippen LogP contribution in [-0.2, 0) is 0 Å². The molecule has 5 heterocycles. The lowest BCUT2D eigenvalue weighted by Gasteiger charge is -2.11. The number of imidazole rings is 1. The maximum Gasteiger partial charge on any atom is 0.157 e. The Hall–Kier alpha value is -4.11. The standard InChI is InChI=1S/C25H20FN7S/c1-13(2)29-16-8-15(11-27-12-16)14-9-17-21(18(26)10-14)32-33-22(17)25-30-19-5-6-28-24(23(19)31-25)20-4-3-7-34-20/h3-13,29H,1-2H3,(H,30,31)(H,32,33). The first-order chi connectivity index (χ1) is 16.6. The maximum atomic E-state index is 15.1. The monoisotopic (exact) mass is 469 g/mol. The number of nitrogens with zero attached hydrogens (tertiary/aromatic N) is 4. The van der Waals surface area contributed by atoms with Gasteiger partial charge in [-0.15, -0.1) is 11.3 Å². The molecular weight excluding hydrogens is 449 g/mol. The van der Waals surface area contributed by atoms with Crippen molar-refractivity contribution in [3.8, 4) is 33.2 Å². The number of nitrogens with one attached hydrogen (secondary N) is 3. The fourth-order valence-electron chi connectivity index (χ4n) is 4.08. The van der Waals surface area contributed by atoms with Gasteiger partial charge in [-0.05, 0) is 55.1 Å². The first-order valence-electron chi connectivity index (χ1n) is 10.9. The number of fused-ring (bicyclic) bond motifs is 2. The van der Waals surface area contributed by atoms with Gasteiger partial charge >= 0.3 is 0 Å². The van der Waals surface area contributed by atoms with Gasteiger partial charge in [0.1, 0.15) is 22.4 Å². The van der Waals surface area contributed by atoms with Gasteiger partial charge in [-0.2, -0.15) is 5.10 Å². The summed E-state index contributed by atoms with van der Waals surface area (Å²) in [6.45, 7) is 4.12. The van der Waals surface area contributed by atoms with Crippen LogP contribution in [0.2, 0.25) is 0 Å². The van der Waals surface area contributed by atoms with E-state index in [2.05, 4.69) is 44.3 Å². The fourth-order valence-corrected chi connectivity index (χ4v) is 4.80. The molecule has 0 saturated carbocycles. The number of halogens is 1. The molecule has 5 aromatic heterocycles. The van der Waals surface area contributed by atoms with Crippen LogP contribution in [0.4, 0.5) is 10.1 Å². The average Bonchev–Trinajstić information content (AvgIpc) is 3.57. The highest BCUT2D eigenvalue weighted by Crippen LogP contribution is 2.34. The van der Waals surface area contributed by atoms with Crippen LogP contribution >= 0.6 is 11.3 Å². The van der Waals surface area contributed by atoms with Crippen molar-refractivity contribution in [3.05, 3.63) is 66.2 Å². The van der Waals surface area contributed by atoms with E-state index >= 15 is 4.39 Å². The molecule has 0 aliphatic heterocycles. The Labute approximate surface area is 198 Å². The number of aromatic amines is 2. The summed E-state index contributed by atoms with van der Waals surface area (Å²) in [4.78, 5) is 18.0. The number of H-pyrrole nitrogens is 2. The zero-order valence-corrected chi connectivity index (χ0v) is 19.2. The van der Waals surface area contributed by atoms with Gasteiger partial charge in [0, 0.05) is 35.6 Å². The second-order valence-electron chi connectivity index (χ2n) is 8.33. The van der Waals surface area contributed by atoms with Crippen molar-refractivity contribution in [1.82, 2.24) is 30.1 Å². The lowest BCUT2D eigenvalue weighted by atomic mass is 10.0. The summed E-state index contributed by atoms with van der Waals surface area (Å²) in [7, 11) is 0. The molecule has 3 N–H and O–H groups in total. The SMILES string of the molecule is CC(C)Nc1cncc(-c2cc(F)c3n[nH]c(-c4nc5c(-c6cccs6)nccc5[nH]4)c3c2)c1. The fraction of sp³-hybridized carbons (Fsp3) is 0.120. The number of aromatic nitrogens is 6. The first kappa shape index (κ1) is 20.5. The summed E-state index contributed by atoms with van der Waals surface area (Å²) < 4.78 is 15.1. The molecule has 6 rings (SSSR count). The zero-order chi connectivity index (χ0) is 23.2. The van der Waals surface area contributed by atoms with Crippen molar-refractivity contribution >= 4 is 39.0 Å². The van der Waals surface area contributed by atoms with Crippen LogP contribution in [0.5, 0.6) is 0 Å². The number of rotatable bonds is 5. The minimum Gasteiger partial charge on any atom is -0.382 e. The van der Waals surface area contributed by atoms with Gasteiger partial charge in [-0.25, -0.2) is 9.37 Å². The average molecular weight is 470 g/mol. The van der Waals surface area contributed by atoms with Crippen LogP contribution in [0.15, 0.2) is 60.4 Å². The number of hydrogen-bond donors (Lipinski definition) is 3. The van der Waals surface area contributed by atoms with Crippen molar-refractivity contribution in [2.24, 2.45) is 0 Å². The van der Waals surface area contributed by atoms with Crippen LogP contribution in [0.25, 0.3) is 55.2 Å². The molecule has 0 radical (unpaired) electrons. The van der Waals surface area contributed by atoms with E-state index in [-0.39, 0.29) is 11.6 Å². The van der Waals surface area contributed by atoms with Crippen LogP contribution in [0.3, 0.4) is 0 Å². The van der Waals surface area contributed by atoms with Gasteiger partial charge in [-0.1, -0.05) is 6.07 Å². The van der Waals surface area contributed by atoms with Crippen LogP contribution in [-0.4, -0.2) is 36.2 Å². The van der Waals surface area contributed by atoms with E-state index in [1.807, 2.05) is 35.7 Å². The molecule has 0 spiro atoms. The van der Waals surface area contributed by atoms with Crippen LogP contribution in [0, 0.1) is 5.82 Å². The third-order valence-corrected chi connectivity index (χ3v) is 6.41. The smallest absolute Gasteiger partial charge is 0.157 e. The summed E-state index contributed by atoms with van der Waals surface area (Å²) in [6, 6.07) is 11.5. The maximum absolute atomic E-state index is 15.1. The molecule has 6 aromatic rings. The molecule has 0 aliphatic carbocycles. The summed E-state index contributed by atoms with van der Waals surface area (Å²) in [5, 5.41) is 13.2. The number of hydrogen-bond acceptors (Lipinski definition) is 6. The Kier molecular flexibility index (Phi) is 4.84. The minimum absolute atomic E-state index is 0.262. The lowest BCUT2D eigenvalue weighted by molar-refractivity contribution is 0.636. The quantitative estimate of drug-likeness (QED) is 0.277. The van der Waals surface area contributed by atoms with Gasteiger partial charge < -0.3 is 10.3 Å². The molecule has 0 amide bonds.